The van der Waals surface area contributed by atoms with E-state index in [2.05, 4.69) is 10.6 Å². The van der Waals surface area contributed by atoms with Crippen LogP contribution in [0.15, 0.2) is 18.2 Å². The van der Waals surface area contributed by atoms with Crippen molar-refractivity contribution in [2.45, 2.75) is 72.6 Å². The molecule has 3 amide bonds. The summed E-state index contributed by atoms with van der Waals surface area (Å²) in [4.78, 5) is 39.2. The first-order valence-electron chi connectivity index (χ1n) is 10.2. The molecule has 0 saturated carbocycles. The lowest BCUT2D eigenvalue weighted by Gasteiger charge is -2.32. The first-order chi connectivity index (χ1) is 14.1. The molecule has 1 unspecified atom stereocenters. The maximum Gasteiger partial charge on any atom is 0.408 e. The summed E-state index contributed by atoms with van der Waals surface area (Å²) in [6.07, 6.45) is -0.750. The molecule has 0 aliphatic heterocycles. The Bertz CT molecular complexity index is 860. The molecule has 0 heterocycles. The van der Waals surface area contributed by atoms with Crippen molar-refractivity contribution in [3.8, 4) is 6.07 Å². The fraction of sp³-hybridized carbons (Fsp3) is 0.565. The molecule has 0 fully saturated rings. The van der Waals surface area contributed by atoms with Crippen LogP contribution in [-0.2, 0) is 14.3 Å². The van der Waals surface area contributed by atoms with E-state index in [1.807, 2.05) is 52.8 Å². The van der Waals surface area contributed by atoms with E-state index in [1.54, 1.807) is 26.8 Å². The summed E-state index contributed by atoms with van der Waals surface area (Å²) in [6, 6.07) is 6.41. The van der Waals surface area contributed by atoms with Crippen molar-refractivity contribution in [1.29, 1.82) is 5.26 Å². The zero-order valence-corrected chi connectivity index (χ0v) is 19.8. The molecule has 0 bridgehead atoms. The second-order valence-electron chi connectivity index (χ2n) is 9.52. The Morgan fingerprint density at radius 2 is 1.71 bits per heavy atom. The highest BCUT2D eigenvalue weighted by Gasteiger charge is 2.33. The number of hydrogen-bond donors (Lipinski definition) is 2. The number of nitrogens with zero attached hydrogens (tertiary/aromatic N) is 2. The standard InChI is InChI=1S/C23H34N4O4/c1-15-9-10-17(13-16(15)2)19(20(29)26-22(3,4)5)27(12-11-24)18(28)14-25-21(30)31-23(6,7)8/h9-10,13,19H,12,14H2,1-8H3,(H,25,30)(H,26,29). The third-order valence-corrected chi connectivity index (χ3v) is 4.25. The molecular weight excluding hydrogens is 396 g/mol. The normalized spacial score (nSPS) is 12.4. The van der Waals surface area contributed by atoms with Crippen molar-refractivity contribution < 1.29 is 19.1 Å². The molecular formula is C23H34N4O4. The second kappa shape index (κ2) is 10.3. The van der Waals surface area contributed by atoms with E-state index in [1.165, 1.54) is 4.90 Å². The van der Waals surface area contributed by atoms with Gasteiger partial charge in [0.25, 0.3) is 0 Å². The van der Waals surface area contributed by atoms with Gasteiger partial charge in [-0.05, 0) is 72.1 Å². The molecule has 0 radical (unpaired) electrons. The molecule has 2 N–H and O–H groups in total. The lowest BCUT2D eigenvalue weighted by atomic mass is 9.98. The van der Waals surface area contributed by atoms with Crippen LogP contribution in [0, 0.1) is 25.2 Å². The number of carbonyl (C=O) groups excluding carboxylic acids is 3. The Balaban J connectivity index is 3.24. The molecule has 0 spiro atoms. The zero-order valence-electron chi connectivity index (χ0n) is 19.8. The largest absolute Gasteiger partial charge is 0.444 e. The predicted octanol–water partition coefficient (Wildman–Crippen LogP) is 3.14. The molecule has 8 heteroatoms. The van der Waals surface area contributed by atoms with Crippen LogP contribution in [0.5, 0.6) is 0 Å². The van der Waals surface area contributed by atoms with E-state index in [9.17, 15) is 19.6 Å². The van der Waals surface area contributed by atoms with E-state index in [4.69, 9.17) is 4.74 Å². The number of alkyl carbamates (subject to hydrolysis) is 1. The number of nitriles is 1. The fourth-order valence-corrected chi connectivity index (χ4v) is 2.81. The molecule has 0 aliphatic carbocycles. The van der Waals surface area contributed by atoms with Gasteiger partial charge in [-0.25, -0.2) is 4.79 Å². The van der Waals surface area contributed by atoms with Gasteiger partial charge in [0.2, 0.25) is 11.8 Å². The van der Waals surface area contributed by atoms with Gasteiger partial charge in [-0.1, -0.05) is 18.2 Å². The van der Waals surface area contributed by atoms with Crippen LogP contribution in [0.3, 0.4) is 0 Å². The molecule has 0 saturated heterocycles. The minimum Gasteiger partial charge on any atom is -0.444 e. The minimum absolute atomic E-state index is 0.315. The molecule has 0 aromatic heterocycles. The Morgan fingerprint density at radius 1 is 1.10 bits per heavy atom. The fourth-order valence-electron chi connectivity index (χ4n) is 2.81. The summed E-state index contributed by atoms with van der Waals surface area (Å²) in [5.74, 6) is -0.976. The molecule has 0 aliphatic rings. The third-order valence-electron chi connectivity index (χ3n) is 4.25. The van der Waals surface area contributed by atoms with Gasteiger partial charge >= 0.3 is 6.09 Å². The molecule has 1 atom stereocenters. The van der Waals surface area contributed by atoms with Crippen molar-refractivity contribution in [1.82, 2.24) is 15.5 Å². The molecule has 170 valence electrons. The number of benzene rings is 1. The highest BCUT2D eigenvalue weighted by molar-refractivity contribution is 5.91. The van der Waals surface area contributed by atoms with Gasteiger partial charge in [-0.15, -0.1) is 0 Å². The minimum atomic E-state index is -1.02. The quantitative estimate of drug-likeness (QED) is 0.674. The number of amides is 3. The highest BCUT2D eigenvalue weighted by atomic mass is 16.6. The van der Waals surface area contributed by atoms with Gasteiger partial charge in [0, 0.05) is 5.54 Å². The molecule has 1 aromatic rings. The summed E-state index contributed by atoms with van der Waals surface area (Å²) < 4.78 is 5.15. The van der Waals surface area contributed by atoms with Crippen LogP contribution in [-0.4, -0.2) is 47.0 Å². The molecule has 8 nitrogen and oxygen atoms in total. The first-order valence-corrected chi connectivity index (χ1v) is 10.2. The number of rotatable bonds is 6. The van der Waals surface area contributed by atoms with Crippen LogP contribution >= 0.6 is 0 Å². The van der Waals surface area contributed by atoms with Gasteiger partial charge < -0.3 is 20.3 Å². The van der Waals surface area contributed by atoms with Gasteiger partial charge in [-0.3, -0.25) is 9.59 Å². The van der Waals surface area contributed by atoms with Crippen molar-refractivity contribution >= 4 is 17.9 Å². The maximum absolute atomic E-state index is 13.2. The lowest BCUT2D eigenvalue weighted by Crippen LogP contribution is -2.51. The Hall–Kier alpha value is -3.08. The van der Waals surface area contributed by atoms with Gasteiger partial charge in [-0.2, -0.15) is 5.26 Å². The van der Waals surface area contributed by atoms with E-state index in [0.29, 0.717) is 5.56 Å². The monoisotopic (exact) mass is 430 g/mol. The van der Waals surface area contributed by atoms with Crippen LogP contribution in [0.2, 0.25) is 0 Å². The maximum atomic E-state index is 13.2. The van der Waals surface area contributed by atoms with E-state index in [-0.39, 0.29) is 6.54 Å². The first kappa shape index (κ1) is 26.0. The van der Waals surface area contributed by atoms with Gasteiger partial charge in [0.15, 0.2) is 0 Å². The summed E-state index contributed by atoms with van der Waals surface area (Å²) in [6.45, 7) is 13.8. The van der Waals surface area contributed by atoms with Crippen LogP contribution < -0.4 is 10.6 Å². The summed E-state index contributed by atoms with van der Waals surface area (Å²) in [7, 11) is 0. The third kappa shape index (κ3) is 8.67. The Kier molecular flexibility index (Phi) is 8.62. The van der Waals surface area contributed by atoms with E-state index >= 15 is 0 Å². The molecule has 1 rings (SSSR count). The van der Waals surface area contributed by atoms with Crippen LogP contribution in [0.25, 0.3) is 0 Å². The van der Waals surface area contributed by atoms with E-state index < -0.39 is 41.6 Å². The summed E-state index contributed by atoms with van der Waals surface area (Å²) >= 11 is 0. The Labute approximate surface area is 184 Å². The van der Waals surface area contributed by atoms with Crippen LogP contribution in [0.1, 0.15) is 64.3 Å². The second-order valence-corrected chi connectivity index (χ2v) is 9.52. The molecule has 31 heavy (non-hydrogen) atoms. The average molecular weight is 431 g/mol. The van der Waals surface area contributed by atoms with Crippen LogP contribution in [0.4, 0.5) is 4.79 Å². The predicted molar refractivity (Wildman–Crippen MR) is 118 cm³/mol. The number of ether oxygens (including phenoxy) is 1. The highest BCUT2D eigenvalue weighted by Crippen LogP contribution is 2.24. The number of hydrogen-bond acceptors (Lipinski definition) is 5. The van der Waals surface area contributed by atoms with Crippen molar-refractivity contribution in [2.75, 3.05) is 13.1 Å². The van der Waals surface area contributed by atoms with E-state index in [0.717, 1.165) is 11.1 Å². The summed E-state index contributed by atoms with van der Waals surface area (Å²) in [5, 5.41) is 14.6. The van der Waals surface area contributed by atoms with Crippen molar-refractivity contribution in [2.24, 2.45) is 0 Å². The SMILES string of the molecule is Cc1ccc(C(C(=O)NC(C)(C)C)N(CC#N)C(=O)CNC(=O)OC(C)(C)C)cc1C. The van der Waals surface area contributed by atoms with Gasteiger partial charge in [0.05, 0.1) is 6.07 Å². The number of aryl methyl sites for hydroxylation is 2. The zero-order chi connectivity index (χ0) is 24.0. The molecule has 1 aromatic carbocycles. The summed E-state index contributed by atoms with van der Waals surface area (Å²) in [5.41, 5.74) is 1.34. The van der Waals surface area contributed by atoms with Crippen molar-refractivity contribution in [3.05, 3.63) is 34.9 Å². The lowest BCUT2D eigenvalue weighted by molar-refractivity contribution is -0.140. The van der Waals surface area contributed by atoms with Crippen molar-refractivity contribution in [3.63, 3.8) is 0 Å². The Morgan fingerprint density at radius 3 is 2.19 bits per heavy atom. The number of nitrogens with one attached hydrogen (secondary N) is 2. The average Bonchev–Trinajstić information content (AvgIpc) is 2.59. The van der Waals surface area contributed by atoms with Gasteiger partial charge in [0.1, 0.15) is 24.7 Å². The number of carbonyl (C=O) groups is 3. The smallest absolute Gasteiger partial charge is 0.408 e. The topological polar surface area (TPSA) is 112 Å².